The van der Waals surface area contributed by atoms with Crippen molar-refractivity contribution in [2.75, 3.05) is 30.9 Å². The average molecular weight is 274 g/mol. The highest BCUT2D eigenvalue weighted by atomic mass is 16.5. The second-order valence-electron chi connectivity index (χ2n) is 6.95. The van der Waals surface area contributed by atoms with E-state index in [-0.39, 0.29) is 5.41 Å². The zero-order valence-corrected chi connectivity index (χ0v) is 13.0. The van der Waals surface area contributed by atoms with Crippen LogP contribution in [-0.4, -0.2) is 32.8 Å². The number of para-hydroxylation sites is 2. The molecule has 3 unspecified atom stereocenters. The molecule has 3 rings (SSSR count). The summed E-state index contributed by atoms with van der Waals surface area (Å²) in [7, 11) is 4.19. The number of rotatable bonds is 3. The highest BCUT2D eigenvalue weighted by Gasteiger charge is 2.57. The number of fused-ring (bicyclic) bond motifs is 1. The van der Waals surface area contributed by atoms with E-state index >= 15 is 0 Å². The molecule has 20 heavy (non-hydrogen) atoms. The van der Waals surface area contributed by atoms with Gasteiger partial charge in [0.1, 0.15) is 0 Å². The maximum atomic E-state index is 5.99. The molecule has 0 bridgehead atoms. The molecule has 3 nitrogen and oxygen atoms in total. The van der Waals surface area contributed by atoms with Crippen LogP contribution >= 0.6 is 0 Å². The molecule has 1 heterocycles. The quantitative estimate of drug-likeness (QED) is 0.914. The minimum absolute atomic E-state index is 0.213. The maximum Gasteiger partial charge on any atom is 0.0693 e. The Morgan fingerprint density at radius 2 is 2.00 bits per heavy atom. The van der Waals surface area contributed by atoms with Gasteiger partial charge >= 0.3 is 0 Å². The van der Waals surface area contributed by atoms with E-state index in [1.807, 2.05) is 0 Å². The Morgan fingerprint density at radius 1 is 1.25 bits per heavy atom. The number of hydrogen-bond acceptors (Lipinski definition) is 3. The first-order valence-corrected chi connectivity index (χ1v) is 7.66. The summed E-state index contributed by atoms with van der Waals surface area (Å²) in [5, 5.41) is 3.80. The van der Waals surface area contributed by atoms with E-state index in [0.29, 0.717) is 18.1 Å². The standard InChI is InChI=1S/C17H26N2O/c1-17(2)15(12-8-7-11-20-16(12)17)18-13-9-5-6-10-14(13)19(3)4/h5-6,9-10,12,15-16,18H,7-8,11H2,1-4H3. The first-order valence-electron chi connectivity index (χ1n) is 7.66. The number of hydrogen-bond donors (Lipinski definition) is 1. The zero-order chi connectivity index (χ0) is 14.3. The molecular weight excluding hydrogens is 248 g/mol. The SMILES string of the molecule is CN(C)c1ccccc1NC1C2CCCOC2C1(C)C. The van der Waals surface area contributed by atoms with Gasteiger partial charge < -0.3 is 15.0 Å². The molecule has 1 saturated carbocycles. The molecule has 110 valence electrons. The number of benzene rings is 1. The third-order valence-electron chi connectivity index (χ3n) is 5.03. The summed E-state index contributed by atoms with van der Waals surface area (Å²) >= 11 is 0. The third-order valence-corrected chi connectivity index (χ3v) is 5.03. The van der Waals surface area contributed by atoms with Gasteiger partial charge in [0.25, 0.3) is 0 Å². The van der Waals surface area contributed by atoms with Crippen LogP contribution in [0.15, 0.2) is 24.3 Å². The van der Waals surface area contributed by atoms with Crippen molar-refractivity contribution in [3.63, 3.8) is 0 Å². The normalized spacial score (nSPS) is 31.1. The topological polar surface area (TPSA) is 24.5 Å². The summed E-state index contributed by atoms with van der Waals surface area (Å²) in [4.78, 5) is 2.17. The van der Waals surface area contributed by atoms with Crippen LogP contribution in [0.1, 0.15) is 26.7 Å². The van der Waals surface area contributed by atoms with Crippen molar-refractivity contribution in [2.45, 2.75) is 38.8 Å². The molecule has 1 aliphatic heterocycles. The van der Waals surface area contributed by atoms with Gasteiger partial charge in [-0.2, -0.15) is 0 Å². The van der Waals surface area contributed by atoms with E-state index in [0.717, 1.165) is 6.61 Å². The monoisotopic (exact) mass is 274 g/mol. The molecule has 2 fully saturated rings. The Hall–Kier alpha value is -1.22. The molecule has 1 N–H and O–H groups in total. The van der Waals surface area contributed by atoms with Crippen molar-refractivity contribution in [3.05, 3.63) is 24.3 Å². The largest absolute Gasteiger partial charge is 0.380 e. The van der Waals surface area contributed by atoms with Gasteiger partial charge in [-0.05, 0) is 25.0 Å². The van der Waals surface area contributed by atoms with Crippen molar-refractivity contribution in [1.29, 1.82) is 0 Å². The molecule has 0 radical (unpaired) electrons. The highest BCUT2D eigenvalue weighted by molar-refractivity contribution is 5.70. The number of nitrogens with zero attached hydrogens (tertiary/aromatic N) is 1. The molecule has 2 aliphatic rings. The van der Waals surface area contributed by atoms with E-state index in [4.69, 9.17) is 4.74 Å². The van der Waals surface area contributed by atoms with E-state index in [1.54, 1.807) is 0 Å². The fourth-order valence-corrected chi connectivity index (χ4v) is 3.97. The Kier molecular flexibility index (Phi) is 3.41. The third kappa shape index (κ3) is 2.08. The maximum absolute atomic E-state index is 5.99. The van der Waals surface area contributed by atoms with E-state index in [2.05, 4.69) is 62.4 Å². The van der Waals surface area contributed by atoms with Crippen LogP contribution < -0.4 is 10.2 Å². The molecule has 1 saturated heterocycles. The van der Waals surface area contributed by atoms with E-state index in [1.165, 1.54) is 24.2 Å². The van der Waals surface area contributed by atoms with Crippen molar-refractivity contribution >= 4 is 11.4 Å². The number of ether oxygens (including phenoxy) is 1. The average Bonchev–Trinajstić information content (AvgIpc) is 2.45. The van der Waals surface area contributed by atoms with Crippen molar-refractivity contribution in [2.24, 2.45) is 11.3 Å². The minimum Gasteiger partial charge on any atom is -0.380 e. The first kappa shape index (κ1) is 13.7. The second kappa shape index (κ2) is 4.96. The molecule has 1 aromatic carbocycles. The highest BCUT2D eigenvalue weighted by Crippen LogP contribution is 2.52. The van der Waals surface area contributed by atoms with Gasteiger partial charge in [0.05, 0.1) is 17.5 Å². The minimum atomic E-state index is 0.213. The van der Waals surface area contributed by atoms with Gasteiger partial charge in [-0.1, -0.05) is 26.0 Å². The van der Waals surface area contributed by atoms with Gasteiger partial charge in [0.15, 0.2) is 0 Å². The molecule has 3 heteroatoms. The van der Waals surface area contributed by atoms with Crippen LogP contribution in [0.3, 0.4) is 0 Å². The molecule has 3 atom stereocenters. The summed E-state index contributed by atoms with van der Waals surface area (Å²) < 4.78 is 5.99. The Bertz CT molecular complexity index is 484. The van der Waals surface area contributed by atoms with Gasteiger partial charge in [0.2, 0.25) is 0 Å². The molecule has 0 aromatic heterocycles. The summed E-state index contributed by atoms with van der Waals surface area (Å²) in [6, 6.07) is 9.06. The summed E-state index contributed by atoms with van der Waals surface area (Å²) in [6.07, 6.45) is 2.92. The van der Waals surface area contributed by atoms with Gasteiger partial charge in [0, 0.05) is 38.1 Å². The molecular formula is C17H26N2O. The smallest absolute Gasteiger partial charge is 0.0693 e. The number of anilines is 2. The Balaban J connectivity index is 1.81. The van der Waals surface area contributed by atoms with Crippen LogP contribution in [0.2, 0.25) is 0 Å². The summed E-state index contributed by atoms with van der Waals surface area (Å²) in [6.45, 7) is 5.59. The lowest BCUT2D eigenvalue weighted by atomic mass is 9.55. The van der Waals surface area contributed by atoms with Crippen LogP contribution in [-0.2, 0) is 4.74 Å². The van der Waals surface area contributed by atoms with Gasteiger partial charge in [-0.25, -0.2) is 0 Å². The van der Waals surface area contributed by atoms with Crippen molar-refractivity contribution in [1.82, 2.24) is 0 Å². The summed E-state index contributed by atoms with van der Waals surface area (Å²) in [5.74, 6) is 0.661. The van der Waals surface area contributed by atoms with E-state index < -0.39 is 0 Å². The van der Waals surface area contributed by atoms with E-state index in [9.17, 15) is 0 Å². The summed E-state index contributed by atoms with van der Waals surface area (Å²) in [5.41, 5.74) is 2.70. The lowest BCUT2D eigenvalue weighted by molar-refractivity contribution is -0.177. The molecule has 1 aliphatic carbocycles. The van der Waals surface area contributed by atoms with Crippen molar-refractivity contribution < 1.29 is 4.74 Å². The first-order chi connectivity index (χ1) is 9.51. The lowest BCUT2D eigenvalue weighted by Crippen LogP contribution is -2.67. The predicted octanol–water partition coefficient (Wildman–Crippen LogP) is 3.37. The van der Waals surface area contributed by atoms with Gasteiger partial charge in [-0.3, -0.25) is 0 Å². The van der Waals surface area contributed by atoms with Gasteiger partial charge in [-0.15, -0.1) is 0 Å². The van der Waals surface area contributed by atoms with Crippen LogP contribution in [0, 0.1) is 11.3 Å². The van der Waals surface area contributed by atoms with Crippen LogP contribution in [0.4, 0.5) is 11.4 Å². The Labute approximate surface area is 122 Å². The molecule has 0 spiro atoms. The lowest BCUT2D eigenvalue weighted by Gasteiger charge is -2.60. The number of nitrogens with one attached hydrogen (secondary N) is 1. The van der Waals surface area contributed by atoms with Crippen LogP contribution in [0.5, 0.6) is 0 Å². The molecule has 1 aromatic rings. The fraction of sp³-hybridized carbons (Fsp3) is 0.647. The van der Waals surface area contributed by atoms with Crippen molar-refractivity contribution in [3.8, 4) is 0 Å². The molecule has 0 amide bonds. The van der Waals surface area contributed by atoms with Crippen LogP contribution in [0.25, 0.3) is 0 Å². The second-order valence-corrected chi connectivity index (χ2v) is 6.95. The fourth-order valence-electron chi connectivity index (χ4n) is 3.97. The zero-order valence-electron chi connectivity index (χ0n) is 13.0. The predicted molar refractivity (Wildman–Crippen MR) is 84.4 cm³/mol. The Morgan fingerprint density at radius 3 is 2.75 bits per heavy atom.